The summed E-state index contributed by atoms with van der Waals surface area (Å²) in [7, 11) is 0. The molecular formula is C11H19N3OS. The second-order valence-corrected chi connectivity index (χ2v) is 5.84. The van der Waals surface area contributed by atoms with Crippen molar-refractivity contribution >= 4 is 23.5 Å². The summed E-state index contributed by atoms with van der Waals surface area (Å²) >= 11 is 1.62. The highest BCUT2D eigenvalue weighted by Crippen LogP contribution is 2.15. The van der Waals surface area contributed by atoms with E-state index in [1.165, 1.54) is 0 Å². The summed E-state index contributed by atoms with van der Waals surface area (Å²) in [6.45, 7) is 8.30. The predicted molar refractivity (Wildman–Crippen MR) is 68.9 cm³/mol. The van der Waals surface area contributed by atoms with Gasteiger partial charge >= 0.3 is 0 Å². The van der Waals surface area contributed by atoms with Gasteiger partial charge in [-0.1, -0.05) is 27.7 Å². The molecule has 0 radical (unpaired) electrons. The Morgan fingerprint density at radius 2 is 2.19 bits per heavy atom. The van der Waals surface area contributed by atoms with Gasteiger partial charge in [-0.25, -0.2) is 0 Å². The monoisotopic (exact) mass is 241 g/mol. The summed E-state index contributed by atoms with van der Waals surface area (Å²) in [5, 5.41) is 10.2. The van der Waals surface area contributed by atoms with Gasteiger partial charge < -0.3 is 5.32 Å². The minimum absolute atomic E-state index is 0.000469. The Kier molecular flexibility index (Phi) is 4.86. The third-order valence-corrected chi connectivity index (χ3v) is 3.13. The Morgan fingerprint density at radius 3 is 2.69 bits per heavy atom. The molecule has 0 aliphatic rings. The molecule has 1 aromatic rings. The van der Waals surface area contributed by atoms with E-state index in [0.29, 0.717) is 22.7 Å². The summed E-state index contributed by atoms with van der Waals surface area (Å²) < 4.78 is 0. The van der Waals surface area contributed by atoms with E-state index in [1.54, 1.807) is 11.8 Å². The van der Waals surface area contributed by atoms with Crippen molar-refractivity contribution in [2.45, 2.75) is 38.9 Å². The fourth-order valence-corrected chi connectivity index (χ4v) is 1.67. The number of carbonyl (C=O) groups excluding carboxylic acids is 1. The van der Waals surface area contributed by atoms with Crippen LogP contribution in [0, 0.1) is 0 Å². The third-order valence-electron chi connectivity index (χ3n) is 2.03. The van der Waals surface area contributed by atoms with Crippen LogP contribution in [-0.4, -0.2) is 27.1 Å². The molecule has 5 heteroatoms. The average Bonchev–Trinajstić information content (AvgIpc) is 2.63. The number of thioether (sulfide) groups is 1. The van der Waals surface area contributed by atoms with Crippen molar-refractivity contribution in [3.05, 3.63) is 11.8 Å². The van der Waals surface area contributed by atoms with E-state index in [-0.39, 0.29) is 5.91 Å². The quantitative estimate of drug-likeness (QED) is 0.833. The molecule has 0 saturated heterocycles. The zero-order valence-corrected chi connectivity index (χ0v) is 11.0. The Bertz CT molecular complexity index is 347. The lowest BCUT2D eigenvalue weighted by atomic mass is 10.1. The van der Waals surface area contributed by atoms with E-state index >= 15 is 0 Å². The molecule has 1 amide bonds. The normalized spacial score (nSPS) is 11.1. The van der Waals surface area contributed by atoms with Gasteiger partial charge in [-0.15, -0.1) is 11.8 Å². The van der Waals surface area contributed by atoms with Crippen LogP contribution in [0.3, 0.4) is 0 Å². The van der Waals surface area contributed by atoms with Gasteiger partial charge in [0, 0.05) is 11.8 Å². The van der Waals surface area contributed by atoms with Gasteiger partial charge in [-0.3, -0.25) is 9.89 Å². The maximum Gasteiger partial charge on any atom is 0.235 e. The highest BCUT2D eigenvalue weighted by Gasteiger charge is 2.08. The van der Waals surface area contributed by atoms with E-state index in [9.17, 15) is 4.79 Å². The minimum Gasteiger partial charge on any atom is -0.308 e. The van der Waals surface area contributed by atoms with Crippen molar-refractivity contribution < 1.29 is 4.79 Å². The van der Waals surface area contributed by atoms with Crippen molar-refractivity contribution in [1.29, 1.82) is 0 Å². The highest BCUT2D eigenvalue weighted by molar-refractivity contribution is 8.00. The lowest BCUT2D eigenvalue weighted by Gasteiger charge is -2.04. The Labute approximate surface area is 101 Å². The van der Waals surface area contributed by atoms with Gasteiger partial charge in [0.15, 0.2) is 5.82 Å². The van der Waals surface area contributed by atoms with E-state index in [0.717, 1.165) is 5.69 Å². The number of H-pyrrole nitrogens is 1. The number of anilines is 1. The number of nitrogens with one attached hydrogen (secondary N) is 2. The molecule has 90 valence electrons. The second kappa shape index (κ2) is 5.94. The minimum atomic E-state index is 0.000469. The molecule has 1 heterocycles. The van der Waals surface area contributed by atoms with Crippen LogP contribution in [0.15, 0.2) is 6.07 Å². The predicted octanol–water partition coefficient (Wildman–Crippen LogP) is 2.61. The van der Waals surface area contributed by atoms with E-state index in [1.807, 2.05) is 6.07 Å². The summed E-state index contributed by atoms with van der Waals surface area (Å²) in [5.41, 5.74) is 1.03. The van der Waals surface area contributed by atoms with Crippen molar-refractivity contribution in [1.82, 2.24) is 10.2 Å². The first kappa shape index (κ1) is 13.1. The molecule has 1 rings (SSSR count). The summed E-state index contributed by atoms with van der Waals surface area (Å²) in [6.07, 6.45) is 0. The van der Waals surface area contributed by atoms with Gasteiger partial charge in [0.05, 0.1) is 5.75 Å². The molecule has 0 aromatic carbocycles. The van der Waals surface area contributed by atoms with Crippen LogP contribution in [-0.2, 0) is 4.79 Å². The molecule has 16 heavy (non-hydrogen) atoms. The number of rotatable bonds is 5. The van der Waals surface area contributed by atoms with E-state index < -0.39 is 0 Å². The summed E-state index contributed by atoms with van der Waals surface area (Å²) in [6, 6.07) is 1.88. The zero-order valence-electron chi connectivity index (χ0n) is 10.2. The molecule has 0 aliphatic heterocycles. The standard InChI is InChI=1S/C11H19N3OS/c1-7(2)9-5-10(14-13-9)12-11(15)6-16-8(3)4/h5,7-8H,6H2,1-4H3,(H2,12,13,14,15). The van der Waals surface area contributed by atoms with Crippen LogP contribution in [0.5, 0.6) is 0 Å². The van der Waals surface area contributed by atoms with Crippen molar-refractivity contribution in [2.75, 3.05) is 11.1 Å². The summed E-state index contributed by atoms with van der Waals surface area (Å²) in [4.78, 5) is 11.5. The average molecular weight is 241 g/mol. The number of hydrogen-bond acceptors (Lipinski definition) is 3. The van der Waals surface area contributed by atoms with Gasteiger partial charge in [-0.2, -0.15) is 5.10 Å². The smallest absolute Gasteiger partial charge is 0.235 e. The Morgan fingerprint density at radius 1 is 1.50 bits per heavy atom. The molecule has 4 nitrogen and oxygen atoms in total. The number of hydrogen-bond donors (Lipinski definition) is 2. The van der Waals surface area contributed by atoms with E-state index in [4.69, 9.17) is 0 Å². The van der Waals surface area contributed by atoms with Crippen molar-refractivity contribution in [3.8, 4) is 0 Å². The van der Waals surface area contributed by atoms with Crippen LogP contribution in [0.2, 0.25) is 0 Å². The van der Waals surface area contributed by atoms with E-state index in [2.05, 4.69) is 43.2 Å². The van der Waals surface area contributed by atoms with Gasteiger partial charge in [0.25, 0.3) is 0 Å². The zero-order chi connectivity index (χ0) is 12.1. The lowest BCUT2D eigenvalue weighted by molar-refractivity contribution is -0.113. The van der Waals surface area contributed by atoms with Crippen LogP contribution >= 0.6 is 11.8 Å². The fraction of sp³-hybridized carbons (Fsp3) is 0.636. The number of aromatic nitrogens is 2. The molecule has 0 atom stereocenters. The molecule has 0 bridgehead atoms. The molecule has 1 aromatic heterocycles. The Balaban J connectivity index is 2.43. The maximum absolute atomic E-state index is 11.5. The molecule has 0 unspecified atom stereocenters. The molecule has 0 saturated carbocycles. The molecule has 2 N–H and O–H groups in total. The van der Waals surface area contributed by atoms with Crippen molar-refractivity contribution in [2.24, 2.45) is 0 Å². The van der Waals surface area contributed by atoms with Crippen LogP contribution < -0.4 is 5.32 Å². The number of carbonyl (C=O) groups is 1. The molecular weight excluding hydrogens is 222 g/mol. The van der Waals surface area contributed by atoms with Gasteiger partial charge in [0.1, 0.15) is 0 Å². The van der Waals surface area contributed by atoms with Crippen LogP contribution in [0.4, 0.5) is 5.82 Å². The third kappa shape index (κ3) is 4.26. The van der Waals surface area contributed by atoms with Crippen LogP contribution in [0.25, 0.3) is 0 Å². The lowest BCUT2D eigenvalue weighted by Crippen LogP contribution is -2.15. The van der Waals surface area contributed by atoms with Crippen molar-refractivity contribution in [3.63, 3.8) is 0 Å². The largest absolute Gasteiger partial charge is 0.308 e. The van der Waals surface area contributed by atoms with Gasteiger partial charge in [-0.05, 0) is 11.2 Å². The molecule has 0 aliphatic carbocycles. The van der Waals surface area contributed by atoms with Crippen LogP contribution in [0.1, 0.15) is 39.3 Å². The first-order chi connectivity index (χ1) is 7.49. The first-order valence-corrected chi connectivity index (χ1v) is 6.50. The topological polar surface area (TPSA) is 57.8 Å². The SMILES string of the molecule is CC(C)SCC(=O)Nc1cc(C(C)C)[nH]n1. The van der Waals surface area contributed by atoms with Gasteiger partial charge in [0.2, 0.25) is 5.91 Å². The summed E-state index contributed by atoms with van der Waals surface area (Å²) in [5.74, 6) is 1.48. The fourth-order valence-electron chi connectivity index (χ4n) is 1.12. The number of nitrogens with zero attached hydrogens (tertiary/aromatic N) is 1. The number of amides is 1. The highest BCUT2D eigenvalue weighted by atomic mass is 32.2. The second-order valence-electron chi connectivity index (χ2n) is 4.27. The first-order valence-electron chi connectivity index (χ1n) is 5.45. The number of aromatic amines is 1. The maximum atomic E-state index is 11.5. The Hall–Kier alpha value is -0.970. The molecule has 0 fully saturated rings. The molecule has 0 spiro atoms.